The molecule has 1 N–H and O–H groups in total. The molecule has 0 saturated carbocycles. The van der Waals surface area contributed by atoms with E-state index in [1.54, 1.807) is 14.2 Å². The van der Waals surface area contributed by atoms with E-state index in [1.807, 2.05) is 78.9 Å². The van der Waals surface area contributed by atoms with Crippen molar-refractivity contribution in [2.24, 2.45) is 0 Å². The van der Waals surface area contributed by atoms with Crippen LogP contribution in [-0.4, -0.2) is 57.0 Å². The maximum Gasteiger partial charge on any atom is 0.488 e. The predicted molar refractivity (Wildman–Crippen MR) is 188 cm³/mol. The van der Waals surface area contributed by atoms with Crippen LogP contribution in [0.25, 0.3) is 0 Å². The number of ether oxygens (including phenoxy) is 4. The standard InChI is InChI=1S/C36H43N2O10PSi/c1-35(2,3)50(6,7)48-32-31(29(23-45-49(41)42)46-33(32)38-22-21-30(39)37-34(38)40)47-36(24-11-9-8-10-12-24,25-13-17-27(43-4)18-14-25)26-15-19-28(44-5)20-16-26/h8-22,29,31-33H,23H2,1-7H3,(H,37,39,40)/t29-,31-,32-,33-/m1/s1. The minimum absolute atomic E-state index is 0.284. The number of aromatic nitrogens is 2. The molecule has 0 bridgehead atoms. The number of hydrogen-bond acceptors (Lipinski definition) is 10. The number of benzene rings is 3. The Kier molecular flexibility index (Phi) is 11.3. The number of methoxy groups -OCH3 is 2. The normalized spacial score (nSPS) is 20.0. The molecule has 1 aromatic heterocycles. The van der Waals surface area contributed by atoms with Gasteiger partial charge in [-0.05, 0) is 63.7 Å². The molecule has 14 heteroatoms. The van der Waals surface area contributed by atoms with E-state index in [0.29, 0.717) is 11.5 Å². The summed E-state index contributed by atoms with van der Waals surface area (Å²) in [5.41, 5.74) is -0.461. The highest BCUT2D eigenvalue weighted by molar-refractivity contribution is 7.30. The van der Waals surface area contributed by atoms with Gasteiger partial charge in [0.2, 0.25) is 0 Å². The molecule has 5 rings (SSSR count). The number of hydrogen-bond donors (Lipinski definition) is 1. The molecule has 2 heterocycles. The van der Waals surface area contributed by atoms with Gasteiger partial charge in [-0.2, -0.15) is 0 Å². The molecule has 3 aromatic carbocycles. The van der Waals surface area contributed by atoms with Crippen LogP contribution in [0.2, 0.25) is 18.1 Å². The molecule has 12 nitrogen and oxygen atoms in total. The van der Waals surface area contributed by atoms with Crippen LogP contribution in [0.15, 0.2) is 101 Å². The van der Waals surface area contributed by atoms with Crippen molar-refractivity contribution in [3.63, 3.8) is 0 Å². The van der Waals surface area contributed by atoms with Gasteiger partial charge in [0.1, 0.15) is 42.0 Å². The summed E-state index contributed by atoms with van der Waals surface area (Å²) in [5.74, 6) is 1.27. The Labute approximate surface area is 293 Å². The van der Waals surface area contributed by atoms with E-state index in [1.165, 1.54) is 16.8 Å². The average Bonchev–Trinajstić information content (AvgIpc) is 3.41. The Morgan fingerprint density at radius 3 is 1.86 bits per heavy atom. The van der Waals surface area contributed by atoms with Crippen LogP contribution in [0.1, 0.15) is 43.7 Å². The predicted octanol–water partition coefficient (Wildman–Crippen LogP) is 5.25. The van der Waals surface area contributed by atoms with Gasteiger partial charge in [0.15, 0.2) is 14.5 Å². The lowest BCUT2D eigenvalue weighted by Gasteiger charge is -2.43. The summed E-state index contributed by atoms with van der Waals surface area (Å²) >= 11 is 0. The molecule has 5 atom stereocenters. The second-order valence-corrected chi connectivity index (χ2v) is 19.0. The first-order valence-electron chi connectivity index (χ1n) is 16.1. The van der Waals surface area contributed by atoms with Gasteiger partial charge in [-0.1, -0.05) is 75.4 Å². The number of rotatable bonds is 13. The molecular weight excluding hydrogens is 679 g/mol. The lowest BCUT2D eigenvalue weighted by atomic mass is 9.79. The van der Waals surface area contributed by atoms with E-state index in [-0.39, 0.29) is 5.04 Å². The van der Waals surface area contributed by atoms with Crippen LogP contribution < -0.4 is 25.6 Å². The second kappa shape index (κ2) is 15.1. The van der Waals surface area contributed by atoms with Crippen molar-refractivity contribution in [3.8, 4) is 11.5 Å². The summed E-state index contributed by atoms with van der Waals surface area (Å²) in [5, 5.41) is -0.284. The van der Waals surface area contributed by atoms with Gasteiger partial charge in [-0.3, -0.25) is 14.3 Å². The lowest BCUT2D eigenvalue weighted by molar-refractivity contribution is -0.190. The zero-order valence-corrected chi connectivity index (χ0v) is 31.0. The minimum atomic E-state index is -3.26. The van der Waals surface area contributed by atoms with Crippen LogP contribution in [0.4, 0.5) is 0 Å². The minimum Gasteiger partial charge on any atom is -0.566 e. The van der Waals surface area contributed by atoms with Gasteiger partial charge < -0.3 is 28.3 Å². The molecule has 0 amide bonds. The van der Waals surface area contributed by atoms with Crippen molar-refractivity contribution in [1.29, 1.82) is 0 Å². The van der Waals surface area contributed by atoms with Crippen molar-refractivity contribution in [3.05, 3.63) is 129 Å². The fourth-order valence-corrected chi connectivity index (χ4v) is 7.40. The van der Waals surface area contributed by atoms with Crippen LogP contribution in [-0.2, 0) is 28.6 Å². The van der Waals surface area contributed by atoms with Crippen LogP contribution in [0, 0.1) is 0 Å². The second-order valence-electron chi connectivity index (χ2n) is 13.5. The maximum absolute atomic E-state index is 13.3. The highest BCUT2D eigenvalue weighted by Crippen LogP contribution is 2.48. The van der Waals surface area contributed by atoms with E-state index < -0.39 is 64.6 Å². The smallest absolute Gasteiger partial charge is 0.488 e. The number of aromatic amines is 1. The quantitative estimate of drug-likeness (QED) is 0.110. The first-order chi connectivity index (χ1) is 23.7. The Bertz CT molecular complexity index is 1830. The van der Waals surface area contributed by atoms with E-state index >= 15 is 0 Å². The molecule has 1 aliphatic heterocycles. The molecule has 1 fully saturated rings. The monoisotopic (exact) mass is 722 g/mol. The Morgan fingerprint density at radius 2 is 1.38 bits per heavy atom. The van der Waals surface area contributed by atoms with E-state index in [4.69, 9.17) is 27.9 Å². The van der Waals surface area contributed by atoms with Gasteiger partial charge >= 0.3 is 13.9 Å². The SMILES string of the molecule is COc1ccc(C(O[C@H]2[C@@H](O[Si](C)(C)C(C)(C)C)[C@H](n3ccc(=O)[nH]c3=O)O[C@@H]2CO[P+](=O)[O-])(c2ccccc2)c2ccc(OC)cc2)cc1. The molecule has 50 heavy (non-hydrogen) atoms. The van der Waals surface area contributed by atoms with E-state index in [9.17, 15) is 19.0 Å². The van der Waals surface area contributed by atoms with E-state index in [0.717, 1.165) is 16.7 Å². The molecule has 1 saturated heterocycles. The first-order valence-corrected chi connectivity index (χ1v) is 20.1. The molecule has 266 valence electrons. The zero-order chi connectivity index (χ0) is 36.3. The fourth-order valence-electron chi connectivity index (χ4n) is 5.85. The molecule has 0 aliphatic carbocycles. The maximum atomic E-state index is 13.3. The third-order valence-corrected chi connectivity index (χ3v) is 14.3. The first kappa shape index (κ1) is 37.3. The highest BCUT2D eigenvalue weighted by Gasteiger charge is 2.55. The Hall–Kier alpha value is -3.94. The average molecular weight is 723 g/mol. The third kappa shape index (κ3) is 7.69. The summed E-state index contributed by atoms with van der Waals surface area (Å²) in [6.07, 6.45) is -2.86. The third-order valence-electron chi connectivity index (χ3n) is 9.48. The van der Waals surface area contributed by atoms with Gasteiger partial charge in [-0.25, -0.2) is 4.79 Å². The molecular formula is C36H43N2O10PSi. The van der Waals surface area contributed by atoms with Gasteiger partial charge in [0.05, 0.1) is 14.2 Å². The van der Waals surface area contributed by atoms with Crippen molar-refractivity contribution in [2.75, 3.05) is 20.8 Å². The Morgan fingerprint density at radius 1 is 0.840 bits per heavy atom. The molecule has 0 spiro atoms. The van der Waals surface area contributed by atoms with Crippen LogP contribution in [0.3, 0.4) is 0 Å². The van der Waals surface area contributed by atoms with Crippen LogP contribution in [0.5, 0.6) is 11.5 Å². The lowest BCUT2D eigenvalue weighted by Crippen LogP contribution is -2.52. The van der Waals surface area contributed by atoms with Gasteiger partial charge in [0.25, 0.3) is 5.56 Å². The topological polar surface area (TPSA) is 150 Å². The van der Waals surface area contributed by atoms with Crippen molar-refractivity contribution < 1.29 is 37.4 Å². The van der Waals surface area contributed by atoms with Crippen LogP contribution >= 0.6 is 8.25 Å². The van der Waals surface area contributed by atoms with Crippen molar-refractivity contribution >= 4 is 16.6 Å². The van der Waals surface area contributed by atoms with Gasteiger partial charge in [-0.15, -0.1) is 4.52 Å². The van der Waals surface area contributed by atoms with Crippen molar-refractivity contribution in [2.45, 2.75) is 69.0 Å². The fraction of sp³-hybridized carbons (Fsp3) is 0.389. The van der Waals surface area contributed by atoms with Crippen molar-refractivity contribution in [1.82, 2.24) is 9.55 Å². The highest BCUT2D eigenvalue weighted by atomic mass is 31.1. The molecule has 4 aromatic rings. The largest absolute Gasteiger partial charge is 0.566 e. The zero-order valence-electron chi connectivity index (χ0n) is 29.2. The summed E-state index contributed by atoms with van der Waals surface area (Å²) in [4.78, 5) is 39.5. The van der Waals surface area contributed by atoms with Gasteiger partial charge in [0, 0.05) is 12.3 Å². The summed E-state index contributed by atoms with van der Waals surface area (Å²) in [6, 6.07) is 25.7. The number of nitrogens with one attached hydrogen (secondary N) is 1. The molecule has 1 aliphatic rings. The molecule has 0 radical (unpaired) electrons. The number of nitrogens with zero attached hydrogens (tertiary/aromatic N) is 1. The number of H-pyrrole nitrogens is 1. The summed E-state index contributed by atoms with van der Waals surface area (Å²) in [6.45, 7) is 9.94. The van der Waals surface area contributed by atoms with E-state index in [2.05, 4.69) is 38.8 Å². The summed E-state index contributed by atoms with van der Waals surface area (Å²) < 4.78 is 50.2. The summed E-state index contributed by atoms with van der Waals surface area (Å²) in [7, 11) is -2.76. The Balaban J connectivity index is 1.79. The molecule has 1 unspecified atom stereocenters.